The van der Waals surface area contributed by atoms with Crippen LogP contribution in [0.1, 0.15) is 32.0 Å². The average molecular weight is 272 g/mol. The van der Waals surface area contributed by atoms with Crippen molar-refractivity contribution in [2.24, 2.45) is 0 Å². The summed E-state index contributed by atoms with van der Waals surface area (Å²) in [6, 6.07) is 8.40. The summed E-state index contributed by atoms with van der Waals surface area (Å²) in [4.78, 5) is 2.10. The molecule has 0 spiro atoms. The summed E-state index contributed by atoms with van der Waals surface area (Å²) < 4.78 is 0. The number of H-pyrrole nitrogens is 1. The topological polar surface area (TPSA) is 44.0 Å². The van der Waals surface area contributed by atoms with Gasteiger partial charge in [0.15, 0.2) is 0 Å². The summed E-state index contributed by atoms with van der Waals surface area (Å²) in [5.41, 5.74) is 4.80. The number of nitrogens with one attached hydrogen (secondary N) is 2. The largest absolute Gasteiger partial charge is 0.381 e. The van der Waals surface area contributed by atoms with Crippen LogP contribution in [0.15, 0.2) is 30.5 Å². The minimum atomic E-state index is 0.0823. The van der Waals surface area contributed by atoms with E-state index in [9.17, 15) is 0 Å². The molecule has 0 aliphatic rings. The number of anilines is 2. The van der Waals surface area contributed by atoms with Crippen LogP contribution in [0, 0.1) is 0 Å². The number of benzene rings is 1. The lowest BCUT2D eigenvalue weighted by molar-refractivity contribution is 0.561. The zero-order valence-electron chi connectivity index (χ0n) is 13.0. The maximum absolute atomic E-state index is 4.17. The Bertz CT molecular complexity index is 564. The van der Waals surface area contributed by atoms with Crippen LogP contribution in [0.25, 0.3) is 0 Å². The van der Waals surface area contributed by atoms with E-state index in [1.807, 2.05) is 20.3 Å². The van der Waals surface area contributed by atoms with Crippen molar-refractivity contribution in [3.05, 3.63) is 41.7 Å². The maximum atomic E-state index is 4.17. The molecule has 0 fully saturated rings. The summed E-state index contributed by atoms with van der Waals surface area (Å²) in [7, 11) is 4.10. The highest BCUT2D eigenvalue weighted by Crippen LogP contribution is 2.24. The van der Waals surface area contributed by atoms with Gasteiger partial charge < -0.3 is 10.2 Å². The molecule has 0 saturated carbocycles. The molecule has 1 aromatic carbocycles. The number of aromatic amines is 1. The Morgan fingerprint density at radius 2 is 2.00 bits per heavy atom. The quantitative estimate of drug-likeness (QED) is 0.896. The zero-order chi connectivity index (χ0) is 14.8. The predicted molar refractivity (Wildman–Crippen MR) is 85.4 cm³/mol. The molecular formula is C16H24N4. The predicted octanol–water partition coefficient (Wildman–Crippen LogP) is 3.39. The van der Waals surface area contributed by atoms with Crippen LogP contribution < -0.4 is 10.2 Å². The molecule has 4 nitrogen and oxygen atoms in total. The molecule has 0 atom stereocenters. The Balaban J connectivity index is 2.10. The SMILES string of the molecule is CN(C)c1cccc(NCc2cn[nH]c2C(C)(C)C)c1. The van der Waals surface area contributed by atoms with Crippen molar-refractivity contribution in [2.45, 2.75) is 32.7 Å². The van der Waals surface area contributed by atoms with Crippen LogP contribution in [-0.4, -0.2) is 24.3 Å². The lowest BCUT2D eigenvalue weighted by atomic mass is 9.89. The highest BCUT2D eigenvalue weighted by atomic mass is 15.1. The number of rotatable bonds is 4. The zero-order valence-corrected chi connectivity index (χ0v) is 13.0. The van der Waals surface area contributed by atoms with Crippen molar-refractivity contribution in [2.75, 3.05) is 24.3 Å². The maximum Gasteiger partial charge on any atom is 0.0540 e. The molecular weight excluding hydrogens is 248 g/mol. The fourth-order valence-electron chi connectivity index (χ4n) is 2.19. The summed E-state index contributed by atoms with van der Waals surface area (Å²) >= 11 is 0. The first-order valence-electron chi connectivity index (χ1n) is 6.92. The van der Waals surface area contributed by atoms with Crippen LogP contribution >= 0.6 is 0 Å². The molecule has 0 aliphatic carbocycles. The van der Waals surface area contributed by atoms with Crippen molar-refractivity contribution in [3.8, 4) is 0 Å². The molecule has 0 unspecified atom stereocenters. The standard InChI is InChI=1S/C16H24N4/c1-16(2,3)15-12(11-18-19-15)10-17-13-7-6-8-14(9-13)20(4)5/h6-9,11,17H,10H2,1-5H3,(H,18,19). The van der Waals surface area contributed by atoms with E-state index < -0.39 is 0 Å². The second-order valence-corrected chi connectivity index (χ2v) is 6.32. The van der Waals surface area contributed by atoms with Gasteiger partial charge in [-0.2, -0.15) is 5.10 Å². The fraction of sp³-hybridized carbons (Fsp3) is 0.438. The van der Waals surface area contributed by atoms with Gasteiger partial charge in [0.1, 0.15) is 0 Å². The van der Waals surface area contributed by atoms with E-state index in [0.717, 1.165) is 12.2 Å². The molecule has 0 radical (unpaired) electrons. The van der Waals surface area contributed by atoms with Crippen LogP contribution in [0.4, 0.5) is 11.4 Å². The van der Waals surface area contributed by atoms with Crippen molar-refractivity contribution in [1.29, 1.82) is 0 Å². The van der Waals surface area contributed by atoms with Crippen molar-refractivity contribution >= 4 is 11.4 Å². The van der Waals surface area contributed by atoms with Gasteiger partial charge in [-0.05, 0) is 18.2 Å². The van der Waals surface area contributed by atoms with Crippen molar-refractivity contribution < 1.29 is 0 Å². The minimum Gasteiger partial charge on any atom is -0.381 e. The summed E-state index contributed by atoms with van der Waals surface area (Å²) in [6.45, 7) is 7.35. The van der Waals surface area contributed by atoms with E-state index in [0.29, 0.717) is 0 Å². The molecule has 20 heavy (non-hydrogen) atoms. The molecule has 2 N–H and O–H groups in total. The van der Waals surface area contributed by atoms with Gasteiger partial charge in [0.25, 0.3) is 0 Å². The average Bonchev–Trinajstić information content (AvgIpc) is 2.85. The normalized spacial score (nSPS) is 11.4. The second-order valence-electron chi connectivity index (χ2n) is 6.32. The Morgan fingerprint density at radius 3 is 2.65 bits per heavy atom. The van der Waals surface area contributed by atoms with E-state index in [4.69, 9.17) is 0 Å². The lowest BCUT2D eigenvalue weighted by Crippen LogP contribution is -2.15. The molecule has 0 aliphatic heterocycles. The van der Waals surface area contributed by atoms with E-state index in [1.165, 1.54) is 16.9 Å². The summed E-state index contributed by atoms with van der Waals surface area (Å²) in [6.07, 6.45) is 1.91. The molecule has 4 heteroatoms. The third-order valence-corrected chi connectivity index (χ3v) is 3.31. The van der Waals surface area contributed by atoms with Gasteiger partial charge in [-0.1, -0.05) is 26.8 Å². The Morgan fingerprint density at radius 1 is 1.25 bits per heavy atom. The molecule has 2 rings (SSSR count). The molecule has 2 aromatic rings. The first-order chi connectivity index (χ1) is 9.38. The number of aromatic nitrogens is 2. The van der Waals surface area contributed by atoms with E-state index in [-0.39, 0.29) is 5.41 Å². The molecule has 108 valence electrons. The number of hydrogen-bond acceptors (Lipinski definition) is 3. The first-order valence-corrected chi connectivity index (χ1v) is 6.92. The monoisotopic (exact) mass is 272 g/mol. The number of hydrogen-bond donors (Lipinski definition) is 2. The molecule has 0 amide bonds. The van der Waals surface area contributed by atoms with Gasteiger partial charge in [-0.3, -0.25) is 5.10 Å². The van der Waals surface area contributed by atoms with Gasteiger partial charge >= 0.3 is 0 Å². The first kappa shape index (κ1) is 14.4. The summed E-state index contributed by atoms with van der Waals surface area (Å²) in [5.74, 6) is 0. The number of nitrogens with zero attached hydrogens (tertiary/aromatic N) is 2. The Labute approximate surface area is 121 Å². The molecule has 0 bridgehead atoms. The third-order valence-electron chi connectivity index (χ3n) is 3.31. The van der Waals surface area contributed by atoms with Crippen LogP contribution in [-0.2, 0) is 12.0 Å². The Kier molecular flexibility index (Phi) is 4.02. The fourth-order valence-corrected chi connectivity index (χ4v) is 2.19. The van der Waals surface area contributed by atoms with E-state index >= 15 is 0 Å². The van der Waals surface area contributed by atoms with Gasteiger partial charge in [-0.15, -0.1) is 0 Å². The Hall–Kier alpha value is -1.97. The molecule has 1 heterocycles. The molecule has 0 saturated heterocycles. The van der Waals surface area contributed by atoms with E-state index in [2.05, 4.69) is 65.5 Å². The highest BCUT2D eigenvalue weighted by Gasteiger charge is 2.19. The highest BCUT2D eigenvalue weighted by molar-refractivity contribution is 5.57. The van der Waals surface area contributed by atoms with Crippen molar-refractivity contribution in [1.82, 2.24) is 10.2 Å². The van der Waals surface area contributed by atoms with Gasteiger partial charge in [0.2, 0.25) is 0 Å². The minimum absolute atomic E-state index is 0.0823. The lowest BCUT2D eigenvalue weighted by Gasteiger charge is -2.19. The summed E-state index contributed by atoms with van der Waals surface area (Å²) in [5, 5.41) is 10.8. The molecule has 1 aromatic heterocycles. The van der Waals surface area contributed by atoms with Gasteiger partial charge in [0.05, 0.1) is 6.20 Å². The van der Waals surface area contributed by atoms with Crippen LogP contribution in [0.3, 0.4) is 0 Å². The van der Waals surface area contributed by atoms with Crippen molar-refractivity contribution in [3.63, 3.8) is 0 Å². The van der Waals surface area contributed by atoms with Gasteiger partial charge in [0, 0.05) is 48.7 Å². The van der Waals surface area contributed by atoms with Crippen LogP contribution in [0.2, 0.25) is 0 Å². The third kappa shape index (κ3) is 3.32. The van der Waals surface area contributed by atoms with E-state index in [1.54, 1.807) is 0 Å². The van der Waals surface area contributed by atoms with Gasteiger partial charge in [-0.25, -0.2) is 0 Å². The van der Waals surface area contributed by atoms with Crippen LogP contribution in [0.5, 0.6) is 0 Å². The second kappa shape index (κ2) is 5.57. The smallest absolute Gasteiger partial charge is 0.0540 e.